The first kappa shape index (κ1) is 15.9. The summed E-state index contributed by atoms with van der Waals surface area (Å²) in [6, 6.07) is 8.47. The highest BCUT2D eigenvalue weighted by molar-refractivity contribution is 9.10. The van der Waals surface area contributed by atoms with Crippen molar-refractivity contribution < 1.29 is 13.5 Å². The van der Waals surface area contributed by atoms with Crippen LogP contribution in [0.4, 0.5) is 8.78 Å². The summed E-state index contributed by atoms with van der Waals surface area (Å²) >= 11 is 3.45. The average Bonchev–Trinajstić information content (AvgIpc) is 2.45. The number of hydrogen-bond donors (Lipinski definition) is 2. The van der Waals surface area contributed by atoms with E-state index in [0.29, 0.717) is 17.7 Å². The fourth-order valence-electron chi connectivity index (χ4n) is 2.10. The van der Waals surface area contributed by atoms with E-state index < -0.39 is 17.7 Å². The third kappa shape index (κ3) is 4.00. The van der Waals surface area contributed by atoms with Crippen LogP contribution in [0.15, 0.2) is 40.9 Å². The van der Waals surface area contributed by atoms with E-state index in [1.165, 1.54) is 12.1 Å². The van der Waals surface area contributed by atoms with Gasteiger partial charge in [-0.3, -0.25) is 11.3 Å². The van der Waals surface area contributed by atoms with E-state index in [9.17, 15) is 8.78 Å². The quantitative estimate of drug-likeness (QED) is 0.636. The summed E-state index contributed by atoms with van der Waals surface area (Å²) in [6.45, 7) is 0. The van der Waals surface area contributed by atoms with E-state index in [1.807, 2.05) is 18.2 Å². The summed E-state index contributed by atoms with van der Waals surface area (Å²) in [5.74, 6) is 4.98. The Morgan fingerprint density at radius 3 is 2.43 bits per heavy atom. The van der Waals surface area contributed by atoms with Crippen LogP contribution in [0.5, 0.6) is 5.75 Å². The molecule has 0 saturated carbocycles. The molecule has 0 aromatic heterocycles. The molecule has 3 N–H and O–H groups in total. The third-order valence-electron chi connectivity index (χ3n) is 3.17. The molecule has 1 unspecified atom stereocenters. The number of nitrogens with two attached hydrogens (primary N) is 1. The zero-order valence-corrected chi connectivity index (χ0v) is 13.0. The maximum absolute atomic E-state index is 13.3. The predicted molar refractivity (Wildman–Crippen MR) is 80.8 cm³/mol. The van der Waals surface area contributed by atoms with Crippen molar-refractivity contribution in [1.29, 1.82) is 0 Å². The second-order valence-corrected chi connectivity index (χ2v) is 5.44. The van der Waals surface area contributed by atoms with Crippen LogP contribution in [0.3, 0.4) is 0 Å². The molecule has 0 heterocycles. The molecule has 0 bridgehead atoms. The fraction of sp³-hybridized carbons (Fsp3) is 0.200. The van der Waals surface area contributed by atoms with E-state index in [2.05, 4.69) is 21.4 Å². The van der Waals surface area contributed by atoms with Crippen LogP contribution in [0.1, 0.15) is 17.2 Å². The van der Waals surface area contributed by atoms with Gasteiger partial charge in [0, 0.05) is 10.5 Å². The minimum atomic E-state index is -0.630. The first-order chi connectivity index (χ1) is 10.0. The SMILES string of the molecule is COc1ccc(Br)c(CC(NN)c2cc(F)cc(F)c2)c1. The Morgan fingerprint density at radius 2 is 1.86 bits per heavy atom. The molecule has 0 aliphatic heterocycles. The highest BCUT2D eigenvalue weighted by atomic mass is 79.9. The molecule has 112 valence electrons. The van der Waals surface area contributed by atoms with Crippen LogP contribution in [0.25, 0.3) is 0 Å². The largest absolute Gasteiger partial charge is 0.497 e. The minimum Gasteiger partial charge on any atom is -0.497 e. The lowest BCUT2D eigenvalue weighted by Crippen LogP contribution is -2.29. The van der Waals surface area contributed by atoms with E-state index in [-0.39, 0.29) is 0 Å². The van der Waals surface area contributed by atoms with Crippen LogP contribution >= 0.6 is 15.9 Å². The van der Waals surface area contributed by atoms with Crippen LogP contribution in [-0.4, -0.2) is 7.11 Å². The molecule has 0 aliphatic rings. The maximum Gasteiger partial charge on any atom is 0.126 e. The smallest absolute Gasteiger partial charge is 0.126 e. The first-order valence-electron chi connectivity index (χ1n) is 6.28. The highest BCUT2D eigenvalue weighted by Crippen LogP contribution is 2.27. The molecule has 0 amide bonds. The van der Waals surface area contributed by atoms with Crippen LogP contribution in [-0.2, 0) is 6.42 Å². The summed E-state index contributed by atoms with van der Waals surface area (Å²) in [7, 11) is 1.58. The van der Waals surface area contributed by atoms with Crippen molar-refractivity contribution in [1.82, 2.24) is 5.43 Å². The van der Waals surface area contributed by atoms with Crippen LogP contribution in [0, 0.1) is 11.6 Å². The van der Waals surface area contributed by atoms with Gasteiger partial charge in [-0.05, 0) is 47.9 Å². The van der Waals surface area contributed by atoms with Crippen molar-refractivity contribution in [3.63, 3.8) is 0 Å². The number of halogens is 3. The van der Waals surface area contributed by atoms with Crippen molar-refractivity contribution in [2.45, 2.75) is 12.5 Å². The molecule has 0 aliphatic carbocycles. The number of methoxy groups -OCH3 is 1. The molecular weight excluding hydrogens is 342 g/mol. The second-order valence-electron chi connectivity index (χ2n) is 4.58. The molecular formula is C15H15BrF2N2O. The molecule has 21 heavy (non-hydrogen) atoms. The summed E-state index contributed by atoms with van der Waals surface area (Å²) in [4.78, 5) is 0. The van der Waals surface area contributed by atoms with E-state index >= 15 is 0 Å². The van der Waals surface area contributed by atoms with Gasteiger partial charge in [0.25, 0.3) is 0 Å². The topological polar surface area (TPSA) is 47.3 Å². The fourth-order valence-corrected chi connectivity index (χ4v) is 2.51. The van der Waals surface area contributed by atoms with Crippen molar-refractivity contribution >= 4 is 15.9 Å². The van der Waals surface area contributed by atoms with Crippen LogP contribution in [0.2, 0.25) is 0 Å². The van der Waals surface area contributed by atoms with Gasteiger partial charge in [-0.15, -0.1) is 0 Å². The summed E-state index contributed by atoms with van der Waals surface area (Å²) in [5.41, 5.74) is 3.96. The number of ether oxygens (including phenoxy) is 1. The summed E-state index contributed by atoms with van der Waals surface area (Å²) in [6.07, 6.45) is 0.456. The first-order valence-corrected chi connectivity index (χ1v) is 7.07. The van der Waals surface area contributed by atoms with Gasteiger partial charge in [0.05, 0.1) is 13.2 Å². The zero-order chi connectivity index (χ0) is 15.4. The molecule has 0 radical (unpaired) electrons. The number of hydrazine groups is 1. The lowest BCUT2D eigenvalue weighted by Gasteiger charge is -2.18. The van der Waals surface area contributed by atoms with Gasteiger partial charge in [0.1, 0.15) is 17.4 Å². The monoisotopic (exact) mass is 356 g/mol. The number of nitrogens with one attached hydrogen (secondary N) is 1. The summed E-state index contributed by atoms with van der Waals surface area (Å²) < 4.78 is 32.7. The molecule has 1 atom stereocenters. The van der Waals surface area contributed by atoms with Crippen LogP contribution < -0.4 is 16.0 Å². The lowest BCUT2D eigenvalue weighted by atomic mass is 9.99. The Morgan fingerprint density at radius 1 is 1.19 bits per heavy atom. The molecule has 0 spiro atoms. The molecule has 0 fully saturated rings. The van der Waals surface area contributed by atoms with Gasteiger partial charge in [-0.25, -0.2) is 8.78 Å². The maximum atomic E-state index is 13.3. The van der Waals surface area contributed by atoms with Crippen molar-refractivity contribution in [3.05, 3.63) is 63.6 Å². The number of rotatable bonds is 5. The Hall–Kier alpha value is -1.50. The minimum absolute atomic E-state index is 0.418. The second kappa shape index (κ2) is 6.98. The van der Waals surface area contributed by atoms with Gasteiger partial charge in [-0.2, -0.15) is 0 Å². The standard InChI is InChI=1S/C15H15BrF2N2O/c1-21-13-2-3-14(16)9(6-13)7-15(20-19)10-4-11(17)8-12(18)5-10/h2-6,8,15,20H,7,19H2,1H3. The van der Waals surface area contributed by atoms with Gasteiger partial charge in [-0.1, -0.05) is 15.9 Å². The molecule has 3 nitrogen and oxygen atoms in total. The van der Waals surface area contributed by atoms with Crippen molar-refractivity contribution in [2.24, 2.45) is 5.84 Å². The average molecular weight is 357 g/mol. The van der Waals surface area contributed by atoms with Crippen molar-refractivity contribution in [3.8, 4) is 5.75 Å². The number of benzene rings is 2. The van der Waals surface area contributed by atoms with E-state index in [4.69, 9.17) is 10.6 Å². The Labute approximate surface area is 130 Å². The Bertz CT molecular complexity index is 617. The van der Waals surface area contributed by atoms with E-state index in [1.54, 1.807) is 7.11 Å². The Kier molecular flexibility index (Phi) is 5.27. The molecule has 0 saturated heterocycles. The lowest BCUT2D eigenvalue weighted by molar-refractivity contribution is 0.413. The number of hydrogen-bond acceptors (Lipinski definition) is 3. The Balaban J connectivity index is 2.30. The molecule has 2 aromatic carbocycles. The molecule has 2 rings (SSSR count). The molecule has 6 heteroatoms. The van der Waals surface area contributed by atoms with Gasteiger partial charge in [0.15, 0.2) is 0 Å². The predicted octanol–water partition coefficient (Wildman–Crippen LogP) is 3.48. The van der Waals surface area contributed by atoms with Gasteiger partial charge in [0.2, 0.25) is 0 Å². The van der Waals surface area contributed by atoms with Gasteiger partial charge < -0.3 is 4.74 Å². The zero-order valence-electron chi connectivity index (χ0n) is 11.4. The molecule has 2 aromatic rings. The van der Waals surface area contributed by atoms with Gasteiger partial charge >= 0.3 is 0 Å². The highest BCUT2D eigenvalue weighted by Gasteiger charge is 2.15. The van der Waals surface area contributed by atoms with E-state index in [0.717, 1.165) is 16.1 Å². The third-order valence-corrected chi connectivity index (χ3v) is 3.94. The summed E-state index contributed by atoms with van der Waals surface area (Å²) in [5, 5.41) is 0. The van der Waals surface area contributed by atoms with Crippen molar-refractivity contribution in [2.75, 3.05) is 7.11 Å². The normalized spacial score (nSPS) is 12.2.